The van der Waals surface area contributed by atoms with E-state index in [9.17, 15) is 14.0 Å². The summed E-state index contributed by atoms with van der Waals surface area (Å²) in [6.07, 6.45) is 9.41. The number of anilines is 1. The lowest BCUT2D eigenvalue weighted by Gasteiger charge is -2.34. The van der Waals surface area contributed by atoms with Gasteiger partial charge < -0.3 is 5.32 Å². The summed E-state index contributed by atoms with van der Waals surface area (Å²) in [5.74, 6) is -1.16. The van der Waals surface area contributed by atoms with Gasteiger partial charge in [0.1, 0.15) is 17.6 Å². The second-order valence-electron chi connectivity index (χ2n) is 8.35. The molecule has 1 aliphatic carbocycles. The van der Waals surface area contributed by atoms with Gasteiger partial charge in [-0.2, -0.15) is 0 Å². The first-order valence-corrected chi connectivity index (χ1v) is 11.3. The number of carbonyl (C=O) groups excluding carboxylic acids is 2. The molecule has 6 nitrogen and oxygen atoms in total. The minimum Gasteiger partial charge on any atom is -0.351 e. The molecule has 4 rings (SSSR count). The maximum absolute atomic E-state index is 13.7. The molecule has 33 heavy (non-hydrogen) atoms. The van der Waals surface area contributed by atoms with E-state index in [0.29, 0.717) is 11.3 Å². The summed E-state index contributed by atoms with van der Waals surface area (Å²) >= 11 is 0. The van der Waals surface area contributed by atoms with Gasteiger partial charge in [-0.1, -0.05) is 49.6 Å². The van der Waals surface area contributed by atoms with Gasteiger partial charge in [0, 0.05) is 24.1 Å². The Morgan fingerprint density at radius 3 is 2.42 bits per heavy atom. The summed E-state index contributed by atoms with van der Waals surface area (Å²) in [4.78, 5) is 37.1. The van der Waals surface area contributed by atoms with Crippen molar-refractivity contribution < 1.29 is 14.0 Å². The van der Waals surface area contributed by atoms with Crippen molar-refractivity contribution in [3.05, 3.63) is 89.8 Å². The van der Waals surface area contributed by atoms with Crippen LogP contribution in [0.2, 0.25) is 0 Å². The van der Waals surface area contributed by atoms with E-state index < -0.39 is 17.8 Å². The second-order valence-corrected chi connectivity index (χ2v) is 8.35. The van der Waals surface area contributed by atoms with E-state index >= 15 is 0 Å². The highest BCUT2D eigenvalue weighted by Gasteiger charge is 2.35. The van der Waals surface area contributed by atoms with Gasteiger partial charge in [0.05, 0.1) is 6.20 Å². The molecule has 1 heterocycles. The molecule has 0 saturated heterocycles. The number of hydrogen-bond acceptors (Lipinski definition) is 4. The van der Waals surface area contributed by atoms with Crippen LogP contribution in [0.3, 0.4) is 0 Å². The van der Waals surface area contributed by atoms with E-state index in [1.165, 1.54) is 35.6 Å². The van der Waals surface area contributed by atoms with E-state index in [-0.39, 0.29) is 17.6 Å². The highest BCUT2D eigenvalue weighted by atomic mass is 19.1. The van der Waals surface area contributed by atoms with Crippen molar-refractivity contribution in [1.29, 1.82) is 0 Å². The molecule has 0 bridgehead atoms. The fraction of sp³-hybridized carbons (Fsp3) is 0.308. The Hall–Kier alpha value is -3.61. The number of benzene rings is 2. The number of amides is 2. The Labute approximate surface area is 192 Å². The highest BCUT2D eigenvalue weighted by Crippen LogP contribution is 2.32. The van der Waals surface area contributed by atoms with Crippen LogP contribution in [0.25, 0.3) is 0 Å². The van der Waals surface area contributed by atoms with Crippen LogP contribution in [0.4, 0.5) is 10.1 Å². The first-order valence-electron chi connectivity index (χ1n) is 11.3. The first kappa shape index (κ1) is 22.6. The van der Waals surface area contributed by atoms with Crippen molar-refractivity contribution in [2.75, 3.05) is 4.90 Å². The third-order valence-electron chi connectivity index (χ3n) is 6.02. The minimum absolute atomic E-state index is 0.0551. The second kappa shape index (κ2) is 10.3. The number of aryl methyl sites for hydroxylation is 1. The molecule has 1 atom stereocenters. The Balaban J connectivity index is 1.81. The SMILES string of the molecule is Cc1ccccc1N(C(=O)c1cnccn1)C(C(=O)NC1CCCCC1)c1ccc(F)cc1. The number of hydrogen-bond donors (Lipinski definition) is 1. The Morgan fingerprint density at radius 2 is 1.76 bits per heavy atom. The van der Waals surface area contributed by atoms with Crippen molar-refractivity contribution in [3.63, 3.8) is 0 Å². The van der Waals surface area contributed by atoms with Gasteiger partial charge in [0.2, 0.25) is 5.91 Å². The van der Waals surface area contributed by atoms with Gasteiger partial charge in [-0.3, -0.25) is 19.5 Å². The van der Waals surface area contributed by atoms with Crippen LogP contribution in [0.15, 0.2) is 67.1 Å². The van der Waals surface area contributed by atoms with E-state index in [4.69, 9.17) is 0 Å². The summed E-state index contributed by atoms with van der Waals surface area (Å²) in [6.45, 7) is 1.88. The number of aromatic nitrogens is 2. The Kier molecular flexibility index (Phi) is 7.07. The lowest BCUT2D eigenvalue weighted by atomic mass is 9.94. The summed E-state index contributed by atoms with van der Waals surface area (Å²) < 4.78 is 13.7. The largest absolute Gasteiger partial charge is 0.351 e. The molecule has 1 N–H and O–H groups in total. The monoisotopic (exact) mass is 446 g/mol. The predicted octanol–water partition coefficient (Wildman–Crippen LogP) is 4.76. The summed E-state index contributed by atoms with van der Waals surface area (Å²) in [6, 6.07) is 12.1. The molecule has 1 aliphatic rings. The Morgan fingerprint density at radius 1 is 1.03 bits per heavy atom. The van der Waals surface area contributed by atoms with E-state index in [2.05, 4.69) is 15.3 Å². The number of carbonyl (C=O) groups is 2. The van der Waals surface area contributed by atoms with Gasteiger partial charge >= 0.3 is 0 Å². The number of rotatable bonds is 6. The van der Waals surface area contributed by atoms with E-state index in [1.54, 1.807) is 18.2 Å². The van der Waals surface area contributed by atoms with Crippen LogP contribution >= 0.6 is 0 Å². The quantitative estimate of drug-likeness (QED) is 0.592. The normalized spacial score (nSPS) is 15.0. The highest BCUT2D eigenvalue weighted by molar-refractivity contribution is 6.09. The summed E-state index contributed by atoms with van der Waals surface area (Å²) in [7, 11) is 0. The van der Waals surface area contributed by atoms with Crippen LogP contribution in [0.1, 0.15) is 59.8 Å². The van der Waals surface area contributed by atoms with E-state index in [0.717, 1.165) is 37.7 Å². The predicted molar refractivity (Wildman–Crippen MR) is 124 cm³/mol. The molecule has 0 aliphatic heterocycles. The van der Waals surface area contributed by atoms with E-state index in [1.807, 2.05) is 25.1 Å². The molecule has 170 valence electrons. The third kappa shape index (κ3) is 5.25. The molecule has 2 aromatic carbocycles. The van der Waals surface area contributed by atoms with Crippen LogP contribution in [-0.2, 0) is 4.79 Å². The fourth-order valence-corrected chi connectivity index (χ4v) is 4.32. The van der Waals surface area contributed by atoms with Crippen molar-refractivity contribution in [2.24, 2.45) is 0 Å². The zero-order valence-electron chi connectivity index (χ0n) is 18.6. The van der Waals surface area contributed by atoms with Crippen molar-refractivity contribution in [3.8, 4) is 0 Å². The van der Waals surface area contributed by atoms with Crippen molar-refractivity contribution in [1.82, 2.24) is 15.3 Å². The van der Waals surface area contributed by atoms with Crippen molar-refractivity contribution >= 4 is 17.5 Å². The summed E-state index contributed by atoms with van der Waals surface area (Å²) in [5, 5.41) is 3.15. The number of para-hydroxylation sites is 1. The maximum Gasteiger partial charge on any atom is 0.279 e. The Bertz CT molecular complexity index is 1100. The zero-order valence-corrected chi connectivity index (χ0v) is 18.6. The molecule has 3 aromatic rings. The topological polar surface area (TPSA) is 75.2 Å². The number of nitrogens with one attached hydrogen (secondary N) is 1. The summed E-state index contributed by atoms with van der Waals surface area (Å²) in [5.41, 5.74) is 2.05. The molecule has 1 unspecified atom stereocenters. The van der Waals surface area contributed by atoms with Gasteiger partial charge in [-0.15, -0.1) is 0 Å². The maximum atomic E-state index is 13.7. The fourth-order valence-electron chi connectivity index (χ4n) is 4.32. The van der Waals surface area contributed by atoms with Crippen LogP contribution in [0.5, 0.6) is 0 Å². The number of nitrogens with zero attached hydrogens (tertiary/aromatic N) is 3. The standard InChI is InChI=1S/C26H27FN4O2/c1-18-7-5-6-10-23(18)31(26(33)22-17-28-15-16-29-22)24(19-11-13-20(27)14-12-19)25(32)30-21-8-3-2-4-9-21/h5-7,10-17,21,24H,2-4,8-9H2,1H3,(H,30,32). The molecule has 7 heteroatoms. The average molecular weight is 447 g/mol. The van der Waals surface area contributed by atoms with Crippen molar-refractivity contribution in [2.45, 2.75) is 51.1 Å². The lowest BCUT2D eigenvalue weighted by Crippen LogP contribution is -2.47. The molecule has 1 aromatic heterocycles. The average Bonchev–Trinajstić information content (AvgIpc) is 2.84. The van der Waals surface area contributed by atoms with Gasteiger partial charge in [0.15, 0.2) is 0 Å². The van der Waals surface area contributed by atoms with Gasteiger partial charge in [-0.25, -0.2) is 9.37 Å². The molecule has 0 radical (unpaired) electrons. The zero-order chi connectivity index (χ0) is 23.2. The lowest BCUT2D eigenvalue weighted by molar-refractivity contribution is -0.123. The van der Waals surface area contributed by atoms with Crippen LogP contribution in [-0.4, -0.2) is 27.8 Å². The molecule has 2 amide bonds. The molecular weight excluding hydrogens is 419 g/mol. The van der Waals surface area contributed by atoms with Crippen LogP contribution in [0, 0.1) is 12.7 Å². The smallest absolute Gasteiger partial charge is 0.279 e. The minimum atomic E-state index is -0.997. The first-order chi connectivity index (χ1) is 16.0. The third-order valence-corrected chi connectivity index (χ3v) is 6.02. The number of halogens is 1. The molecular formula is C26H27FN4O2. The van der Waals surface area contributed by atoms with Crippen LogP contribution < -0.4 is 10.2 Å². The van der Waals surface area contributed by atoms with Gasteiger partial charge in [0.25, 0.3) is 5.91 Å². The molecule has 0 spiro atoms. The molecule has 1 saturated carbocycles. The molecule has 1 fully saturated rings. The van der Waals surface area contributed by atoms with Gasteiger partial charge in [-0.05, 0) is 49.1 Å².